The van der Waals surface area contributed by atoms with E-state index < -0.39 is 41.4 Å². The number of nitrogens with zero attached hydrogens (tertiary/aromatic N) is 1. The highest BCUT2D eigenvalue weighted by Crippen LogP contribution is 2.50. The molecule has 0 aromatic heterocycles. The largest absolute Gasteiger partial charge is 0.481 e. The predicted octanol–water partition coefficient (Wildman–Crippen LogP) is 3.47. The highest BCUT2D eigenvalue weighted by atomic mass is 19.1. The molecule has 1 aromatic carbocycles. The van der Waals surface area contributed by atoms with Crippen molar-refractivity contribution >= 4 is 23.5 Å². The molecule has 0 saturated heterocycles. The number of carboxylic acids is 1. The Labute approximate surface area is 180 Å². The van der Waals surface area contributed by atoms with Gasteiger partial charge in [-0.15, -0.1) is 0 Å². The van der Waals surface area contributed by atoms with Crippen molar-refractivity contribution in [2.45, 2.75) is 70.3 Å². The molecule has 31 heavy (non-hydrogen) atoms. The zero-order valence-corrected chi connectivity index (χ0v) is 18.0. The molecule has 6 nitrogen and oxygen atoms in total. The van der Waals surface area contributed by atoms with E-state index >= 15 is 8.78 Å². The van der Waals surface area contributed by atoms with Crippen LogP contribution in [0.15, 0.2) is 6.07 Å². The highest BCUT2D eigenvalue weighted by molar-refractivity contribution is 6.10. The molecule has 0 radical (unpaired) electrons. The maximum absolute atomic E-state index is 15.3. The van der Waals surface area contributed by atoms with Gasteiger partial charge in [-0.2, -0.15) is 0 Å². The zero-order chi connectivity index (χ0) is 22.7. The SMILES string of the molecule is C[C@@H](CC(=O)O)[C@H](NC(=O)CN1C(=O)C(C)(C)c2c(F)c(C3CC3)cc(F)c21)C1CC1. The number of carbonyl (C=O) groups excluding carboxylic acids is 2. The van der Waals surface area contributed by atoms with Crippen LogP contribution in [0.1, 0.15) is 69.9 Å². The number of aliphatic carboxylic acids is 1. The summed E-state index contributed by atoms with van der Waals surface area (Å²) >= 11 is 0. The average Bonchev–Trinajstić information content (AvgIpc) is 3.57. The zero-order valence-electron chi connectivity index (χ0n) is 18.0. The summed E-state index contributed by atoms with van der Waals surface area (Å²) < 4.78 is 30.3. The normalized spacial score (nSPS) is 21.6. The van der Waals surface area contributed by atoms with Crippen LogP contribution >= 0.6 is 0 Å². The van der Waals surface area contributed by atoms with Gasteiger partial charge in [0.2, 0.25) is 11.8 Å². The molecule has 2 N–H and O–H groups in total. The van der Waals surface area contributed by atoms with E-state index in [0.717, 1.165) is 36.6 Å². The van der Waals surface area contributed by atoms with Gasteiger partial charge in [0.1, 0.15) is 18.2 Å². The fraction of sp³-hybridized carbons (Fsp3) is 0.609. The molecule has 4 rings (SSSR count). The number of rotatable bonds is 8. The van der Waals surface area contributed by atoms with Crippen LogP contribution in [0, 0.1) is 23.5 Å². The number of hydrogen-bond donors (Lipinski definition) is 2. The summed E-state index contributed by atoms with van der Waals surface area (Å²) in [5, 5.41) is 11.9. The molecule has 3 aliphatic rings. The summed E-state index contributed by atoms with van der Waals surface area (Å²) in [4.78, 5) is 38.0. The Balaban J connectivity index is 1.58. The molecule has 2 fully saturated rings. The fourth-order valence-electron chi connectivity index (χ4n) is 4.82. The van der Waals surface area contributed by atoms with Gasteiger partial charge >= 0.3 is 5.97 Å². The molecular weight excluding hydrogens is 406 g/mol. The second-order valence-electron chi connectivity index (χ2n) is 9.78. The van der Waals surface area contributed by atoms with Crippen LogP contribution in [-0.2, 0) is 19.8 Å². The minimum Gasteiger partial charge on any atom is -0.481 e. The molecule has 168 valence electrons. The van der Waals surface area contributed by atoms with Crippen molar-refractivity contribution in [3.63, 3.8) is 0 Å². The molecule has 2 aliphatic carbocycles. The van der Waals surface area contributed by atoms with E-state index in [9.17, 15) is 14.4 Å². The third kappa shape index (κ3) is 3.92. The molecule has 2 atom stereocenters. The number of amides is 2. The Kier molecular flexibility index (Phi) is 5.30. The van der Waals surface area contributed by atoms with Crippen LogP contribution < -0.4 is 10.2 Å². The van der Waals surface area contributed by atoms with Gasteiger partial charge in [-0.05, 0) is 68.9 Å². The summed E-state index contributed by atoms with van der Waals surface area (Å²) in [5.74, 6) is -3.30. The number of fused-ring (bicyclic) bond motifs is 1. The molecule has 2 amide bonds. The minimum atomic E-state index is -1.28. The summed E-state index contributed by atoms with van der Waals surface area (Å²) in [6.07, 6.45) is 3.32. The van der Waals surface area contributed by atoms with Crippen molar-refractivity contribution in [1.29, 1.82) is 0 Å². The third-order valence-corrected chi connectivity index (χ3v) is 6.78. The number of halogens is 2. The monoisotopic (exact) mass is 434 g/mol. The lowest BCUT2D eigenvalue weighted by atomic mass is 9.84. The van der Waals surface area contributed by atoms with Crippen LogP contribution in [0.2, 0.25) is 0 Å². The first kappa shape index (κ1) is 21.7. The Bertz CT molecular complexity index is 953. The van der Waals surface area contributed by atoms with Crippen LogP contribution in [0.25, 0.3) is 0 Å². The third-order valence-electron chi connectivity index (χ3n) is 6.78. The number of nitrogens with one attached hydrogen (secondary N) is 1. The van der Waals surface area contributed by atoms with Gasteiger partial charge in [-0.25, -0.2) is 8.78 Å². The molecule has 0 unspecified atom stereocenters. The quantitative estimate of drug-likeness (QED) is 0.656. The van der Waals surface area contributed by atoms with E-state index in [4.69, 9.17) is 5.11 Å². The van der Waals surface area contributed by atoms with Crippen LogP contribution in [-0.4, -0.2) is 35.5 Å². The molecule has 8 heteroatoms. The summed E-state index contributed by atoms with van der Waals surface area (Å²) in [6.45, 7) is 4.43. The second kappa shape index (κ2) is 7.57. The van der Waals surface area contributed by atoms with E-state index in [1.54, 1.807) is 20.8 Å². The molecule has 1 aliphatic heterocycles. The summed E-state index contributed by atoms with van der Waals surface area (Å²) in [7, 11) is 0. The molecule has 0 bridgehead atoms. The molecule has 1 heterocycles. The van der Waals surface area contributed by atoms with Gasteiger partial charge in [0.05, 0.1) is 11.1 Å². The predicted molar refractivity (Wildman–Crippen MR) is 110 cm³/mol. The number of anilines is 1. The lowest BCUT2D eigenvalue weighted by molar-refractivity contribution is -0.138. The Morgan fingerprint density at radius 2 is 1.90 bits per heavy atom. The van der Waals surface area contributed by atoms with Crippen molar-refractivity contribution < 1.29 is 28.3 Å². The number of carbonyl (C=O) groups is 3. The standard InChI is InChI=1S/C23H28F2N2O4/c1-11(8-17(29)30)20(13-6-7-13)26-16(28)10-27-21-15(24)9-14(12-4-5-12)19(25)18(21)23(2,3)22(27)31/h9,11-13,20H,4-8,10H2,1-3H3,(H,26,28)(H,29,30)/t11-,20-/m0/s1. The second-order valence-corrected chi connectivity index (χ2v) is 9.78. The average molecular weight is 434 g/mol. The van der Waals surface area contributed by atoms with E-state index in [1.807, 2.05) is 0 Å². The lowest BCUT2D eigenvalue weighted by Crippen LogP contribution is -2.48. The van der Waals surface area contributed by atoms with Crippen molar-refractivity contribution in [3.05, 3.63) is 28.8 Å². The fourth-order valence-corrected chi connectivity index (χ4v) is 4.82. The topological polar surface area (TPSA) is 86.7 Å². The van der Waals surface area contributed by atoms with Crippen LogP contribution in [0.3, 0.4) is 0 Å². The van der Waals surface area contributed by atoms with E-state index in [2.05, 4.69) is 5.32 Å². The van der Waals surface area contributed by atoms with Crippen molar-refractivity contribution in [3.8, 4) is 0 Å². The van der Waals surface area contributed by atoms with Gasteiger partial charge in [0.25, 0.3) is 0 Å². The number of hydrogen-bond acceptors (Lipinski definition) is 3. The van der Waals surface area contributed by atoms with Crippen LogP contribution in [0.5, 0.6) is 0 Å². The van der Waals surface area contributed by atoms with Gasteiger partial charge in [0, 0.05) is 18.0 Å². The maximum atomic E-state index is 15.3. The first-order valence-electron chi connectivity index (χ1n) is 10.9. The highest BCUT2D eigenvalue weighted by Gasteiger charge is 2.50. The van der Waals surface area contributed by atoms with Crippen molar-refractivity contribution in [1.82, 2.24) is 5.32 Å². The van der Waals surface area contributed by atoms with Crippen LogP contribution in [0.4, 0.5) is 14.5 Å². The Morgan fingerprint density at radius 3 is 2.45 bits per heavy atom. The minimum absolute atomic E-state index is 0.0157. The molecule has 1 aromatic rings. The maximum Gasteiger partial charge on any atom is 0.303 e. The van der Waals surface area contributed by atoms with Crippen molar-refractivity contribution in [2.75, 3.05) is 11.4 Å². The van der Waals surface area contributed by atoms with Gasteiger partial charge < -0.3 is 10.4 Å². The van der Waals surface area contributed by atoms with E-state index in [-0.39, 0.29) is 41.5 Å². The molecule has 2 saturated carbocycles. The number of benzene rings is 1. The Hall–Kier alpha value is -2.51. The first-order chi connectivity index (χ1) is 14.5. The molecular formula is C23H28F2N2O4. The Morgan fingerprint density at radius 1 is 1.26 bits per heavy atom. The number of carboxylic acid groups (broad SMARTS) is 1. The first-order valence-corrected chi connectivity index (χ1v) is 10.9. The molecule has 0 spiro atoms. The van der Waals surface area contributed by atoms with Gasteiger partial charge in [-0.3, -0.25) is 19.3 Å². The van der Waals surface area contributed by atoms with Gasteiger partial charge in [0.15, 0.2) is 0 Å². The van der Waals surface area contributed by atoms with E-state index in [1.165, 1.54) is 0 Å². The lowest BCUT2D eigenvalue weighted by Gasteiger charge is -2.26. The van der Waals surface area contributed by atoms with Crippen molar-refractivity contribution in [2.24, 2.45) is 11.8 Å². The van der Waals surface area contributed by atoms with E-state index in [0.29, 0.717) is 5.56 Å². The summed E-state index contributed by atoms with van der Waals surface area (Å²) in [6, 6.07) is 0.834. The summed E-state index contributed by atoms with van der Waals surface area (Å²) in [5.41, 5.74) is -1.11. The smallest absolute Gasteiger partial charge is 0.303 e. The van der Waals surface area contributed by atoms with Gasteiger partial charge in [-0.1, -0.05) is 6.92 Å².